The van der Waals surface area contributed by atoms with Crippen LogP contribution in [-0.2, 0) is 4.79 Å². The van der Waals surface area contributed by atoms with E-state index in [0.717, 1.165) is 45.3 Å². The predicted molar refractivity (Wildman–Crippen MR) is 70.4 cm³/mol. The van der Waals surface area contributed by atoms with Crippen LogP contribution in [0, 0.1) is 0 Å². The van der Waals surface area contributed by atoms with Gasteiger partial charge >= 0.3 is 0 Å². The summed E-state index contributed by atoms with van der Waals surface area (Å²) in [6.45, 7) is 3.48. The molecule has 0 radical (unpaired) electrons. The molecule has 1 aromatic heterocycles. The first-order chi connectivity index (χ1) is 9.27. The number of anilines is 1. The van der Waals surface area contributed by atoms with Gasteiger partial charge in [0.15, 0.2) is 0 Å². The van der Waals surface area contributed by atoms with E-state index in [9.17, 15) is 4.79 Å². The van der Waals surface area contributed by atoms with E-state index in [4.69, 9.17) is 4.74 Å². The van der Waals surface area contributed by atoms with Gasteiger partial charge in [-0.3, -0.25) is 4.90 Å². The van der Waals surface area contributed by atoms with Crippen molar-refractivity contribution >= 4 is 12.2 Å². The van der Waals surface area contributed by atoms with E-state index in [2.05, 4.69) is 19.8 Å². The van der Waals surface area contributed by atoms with Gasteiger partial charge in [-0.15, -0.1) is 0 Å². The number of piperazine rings is 1. The van der Waals surface area contributed by atoms with Crippen LogP contribution in [0.4, 0.5) is 5.95 Å². The fourth-order valence-electron chi connectivity index (χ4n) is 2.59. The van der Waals surface area contributed by atoms with Crippen molar-refractivity contribution < 1.29 is 9.53 Å². The first kappa shape index (κ1) is 12.3. The average Bonchev–Trinajstić information content (AvgIpc) is 3.29. The number of aromatic nitrogens is 2. The lowest BCUT2D eigenvalue weighted by molar-refractivity contribution is -0.113. The molecule has 6 heteroatoms. The number of nitrogens with zero attached hydrogens (tertiary/aromatic N) is 4. The molecule has 1 saturated carbocycles. The molecule has 2 aliphatic rings. The molecule has 6 nitrogen and oxygen atoms in total. The van der Waals surface area contributed by atoms with E-state index < -0.39 is 0 Å². The van der Waals surface area contributed by atoms with E-state index in [-0.39, 0.29) is 5.54 Å². The van der Waals surface area contributed by atoms with Crippen LogP contribution in [0.2, 0.25) is 0 Å². The molecule has 0 bridgehead atoms. The number of rotatable bonds is 4. The van der Waals surface area contributed by atoms with Gasteiger partial charge in [0.1, 0.15) is 6.29 Å². The lowest BCUT2D eigenvalue weighted by atomic mass is 10.2. The van der Waals surface area contributed by atoms with Crippen molar-refractivity contribution in [3.63, 3.8) is 0 Å². The highest BCUT2D eigenvalue weighted by Gasteiger charge is 2.48. The van der Waals surface area contributed by atoms with Gasteiger partial charge in [-0.25, -0.2) is 4.98 Å². The molecule has 1 aliphatic carbocycles. The van der Waals surface area contributed by atoms with E-state index in [0.29, 0.717) is 11.8 Å². The quantitative estimate of drug-likeness (QED) is 0.729. The van der Waals surface area contributed by atoms with Crippen molar-refractivity contribution in [1.29, 1.82) is 0 Å². The fraction of sp³-hybridized carbons (Fsp3) is 0.615. The van der Waals surface area contributed by atoms with E-state index in [1.807, 2.05) is 0 Å². The van der Waals surface area contributed by atoms with Crippen LogP contribution in [0.3, 0.4) is 0 Å². The first-order valence-corrected chi connectivity index (χ1v) is 6.61. The summed E-state index contributed by atoms with van der Waals surface area (Å²) in [5.74, 6) is 1.29. The van der Waals surface area contributed by atoms with Gasteiger partial charge in [0.2, 0.25) is 11.8 Å². The normalized spacial score (nSPS) is 22.1. The second-order valence-corrected chi connectivity index (χ2v) is 5.09. The van der Waals surface area contributed by atoms with Gasteiger partial charge in [-0.2, -0.15) is 4.98 Å². The van der Waals surface area contributed by atoms with Crippen molar-refractivity contribution in [3.8, 4) is 5.88 Å². The molecule has 1 aromatic rings. The molecule has 1 saturated heterocycles. The molecular weight excluding hydrogens is 244 g/mol. The standard InChI is InChI=1S/C13H18N4O2/c1-19-11-2-5-14-12(15-11)16-6-8-17(9-7-16)13(10-18)3-4-13/h2,5,10H,3-4,6-9H2,1H3. The average molecular weight is 262 g/mol. The number of hydrogen-bond donors (Lipinski definition) is 0. The van der Waals surface area contributed by atoms with Crippen molar-refractivity contribution in [2.75, 3.05) is 38.2 Å². The zero-order valence-electron chi connectivity index (χ0n) is 11.1. The van der Waals surface area contributed by atoms with E-state index >= 15 is 0 Å². The Labute approximate surface area is 112 Å². The Hall–Kier alpha value is -1.69. The summed E-state index contributed by atoms with van der Waals surface area (Å²) >= 11 is 0. The van der Waals surface area contributed by atoms with Gasteiger partial charge in [-0.05, 0) is 12.8 Å². The number of ether oxygens (including phenoxy) is 1. The minimum absolute atomic E-state index is 0.151. The molecule has 0 atom stereocenters. The Bertz CT molecular complexity index is 467. The van der Waals surface area contributed by atoms with Gasteiger partial charge in [0.25, 0.3) is 0 Å². The second kappa shape index (κ2) is 4.77. The molecule has 0 unspecified atom stereocenters. The largest absolute Gasteiger partial charge is 0.481 e. The summed E-state index contributed by atoms with van der Waals surface area (Å²) in [5, 5.41) is 0. The van der Waals surface area contributed by atoms with Crippen LogP contribution in [0.25, 0.3) is 0 Å². The van der Waals surface area contributed by atoms with E-state index in [1.165, 1.54) is 0 Å². The minimum Gasteiger partial charge on any atom is -0.481 e. The monoisotopic (exact) mass is 262 g/mol. The van der Waals surface area contributed by atoms with Crippen LogP contribution in [0.15, 0.2) is 12.3 Å². The summed E-state index contributed by atoms with van der Waals surface area (Å²) < 4.78 is 5.11. The van der Waals surface area contributed by atoms with Gasteiger partial charge in [0.05, 0.1) is 12.6 Å². The molecule has 2 heterocycles. The first-order valence-electron chi connectivity index (χ1n) is 6.61. The number of carbonyl (C=O) groups excluding carboxylic acids is 1. The van der Waals surface area contributed by atoms with Crippen LogP contribution >= 0.6 is 0 Å². The zero-order chi connectivity index (χ0) is 13.3. The van der Waals surface area contributed by atoms with Gasteiger partial charge in [-0.1, -0.05) is 0 Å². The highest BCUT2D eigenvalue weighted by atomic mass is 16.5. The number of carbonyl (C=O) groups is 1. The molecule has 0 aromatic carbocycles. The van der Waals surface area contributed by atoms with Gasteiger partial charge in [0, 0.05) is 38.4 Å². The molecule has 3 rings (SSSR count). The maximum atomic E-state index is 11.1. The maximum Gasteiger partial charge on any atom is 0.228 e. The summed E-state index contributed by atoms with van der Waals surface area (Å²) in [6.07, 6.45) is 4.84. The lowest BCUT2D eigenvalue weighted by Gasteiger charge is -2.37. The van der Waals surface area contributed by atoms with Crippen molar-refractivity contribution in [2.24, 2.45) is 0 Å². The van der Waals surface area contributed by atoms with Crippen molar-refractivity contribution in [3.05, 3.63) is 12.3 Å². The lowest BCUT2D eigenvalue weighted by Crippen LogP contribution is -2.52. The van der Waals surface area contributed by atoms with Gasteiger partial charge < -0.3 is 14.4 Å². The Morgan fingerprint density at radius 2 is 2.05 bits per heavy atom. The molecule has 0 N–H and O–H groups in total. The highest BCUT2D eigenvalue weighted by molar-refractivity contribution is 5.69. The maximum absolute atomic E-state index is 11.1. The third-order valence-electron chi connectivity index (χ3n) is 4.00. The summed E-state index contributed by atoms with van der Waals surface area (Å²) in [6, 6.07) is 1.74. The molecule has 0 amide bonds. The van der Waals surface area contributed by atoms with Crippen molar-refractivity contribution in [2.45, 2.75) is 18.4 Å². The summed E-state index contributed by atoms with van der Waals surface area (Å²) in [4.78, 5) is 24.2. The van der Waals surface area contributed by atoms with Crippen LogP contribution in [0.1, 0.15) is 12.8 Å². The fourth-order valence-corrected chi connectivity index (χ4v) is 2.59. The predicted octanol–water partition coefficient (Wildman–Crippen LogP) is 0.339. The minimum atomic E-state index is -0.151. The van der Waals surface area contributed by atoms with Crippen molar-refractivity contribution in [1.82, 2.24) is 14.9 Å². The Morgan fingerprint density at radius 1 is 1.32 bits per heavy atom. The number of methoxy groups -OCH3 is 1. The third kappa shape index (κ3) is 2.28. The Morgan fingerprint density at radius 3 is 2.63 bits per heavy atom. The SMILES string of the molecule is COc1ccnc(N2CCN(C3(C=O)CC3)CC2)n1. The topological polar surface area (TPSA) is 58.6 Å². The second-order valence-electron chi connectivity index (χ2n) is 5.09. The molecule has 102 valence electrons. The number of aldehydes is 1. The van der Waals surface area contributed by atoms with E-state index in [1.54, 1.807) is 19.4 Å². The molecule has 1 aliphatic heterocycles. The zero-order valence-corrected chi connectivity index (χ0v) is 11.1. The molecule has 19 heavy (non-hydrogen) atoms. The molecule has 0 spiro atoms. The highest BCUT2D eigenvalue weighted by Crippen LogP contribution is 2.40. The number of hydrogen-bond acceptors (Lipinski definition) is 6. The summed E-state index contributed by atoms with van der Waals surface area (Å²) in [7, 11) is 1.60. The molecule has 2 fully saturated rings. The molecular formula is C13H18N4O2. The Kier molecular flexibility index (Phi) is 3.10. The Balaban J connectivity index is 1.65. The van der Waals surface area contributed by atoms with Crippen LogP contribution in [-0.4, -0.2) is 60.0 Å². The third-order valence-corrected chi connectivity index (χ3v) is 4.00. The smallest absolute Gasteiger partial charge is 0.228 e. The van der Waals surface area contributed by atoms with Crippen LogP contribution in [0.5, 0.6) is 5.88 Å². The summed E-state index contributed by atoms with van der Waals surface area (Å²) in [5.41, 5.74) is -0.151. The van der Waals surface area contributed by atoms with Crippen LogP contribution < -0.4 is 9.64 Å².